The van der Waals surface area contributed by atoms with Crippen LogP contribution < -0.4 is 4.74 Å². The largest absolute Gasteiger partial charge is 0.493 e. The number of thiophene rings is 1. The maximum absolute atomic E-state index is 12.1. The highest BCUT2D eigenvalue weighted by atomic mass is 32.2. The van der Waals surface area contributed by atoms with Crippen molar-refractivity contribution in [3.63, 3.8) is 0 Å². The number of amides is 1. The van der Waals surface area contributed by atoms with Crippen LogP contribution in [0.25, 0.3) is 10.1 Å². The number of fused-ring (bicyclic) bond motifs is 1. The Bertz CT molecular complexity index is 870. The second-order valence-corrected chi connectivity index (χ2v) is 10.1. The Kier molecular flexibility index (Phi) is 6.55. The fraction of sp³-hybridized carbons (Fsp3) is 0.524. The molecule has 2 heterocycles. The number of aliphatic imine (C=N–C) groups is 1. The van der Waals surface area contributed by atoms with Gasteiger partial charge in [-0.2, -0.15) is 0 Å². The van der Waals surface area contributed by atoms with Gasteiger partial charge in [0.25, 0.3) is 0 Å². The van der Waals surface area contributed by atoms with Crippen molar-refractivity contribution in [2.45, 2.75) is 45.8 Å². The van der Waals surface area contributed by atoms with E-state index in [1.54, 1.807) is 23.3 Å². The predicted octanol–water partition coefficient (Wildman–Crippen LogP) is 5.42. The van der Waals surface area contributed by atoms with Gasteiger partial charge in [-0.05, 0) is 57.3 Å². The molecule has 1 amide bonds. The smallest absolute Gasteiger partial charge is 0.410 e. The van der Waals surface area contributed by atoms with Crippen molar-refractivity contribution in [3.8, 4) is 5.75 Å². The molecular formula is C21H28N2O3S2. The van der Waals surface area contributed by atoms with Gasteiger partial charge in [0.15, 0.2) is 0 Å². The molecule has 152 valence electrons. The van der Waals surface area contributed by atoms with Crippen molar-refractivity contribution >= 4 is 44.3 Å². The van der Waals surface area contributed by atoms with E-state index in [9.17, 15) is 4.79 Å². The zero-order valence-electron chi connectivity index (χ0n) is 17.2. The van der Waals surface area contributed by atoms with E-state index in [-0.39, 0.29) is 12.1 Å². The molecule has 7 heteroatoms. The van der Waals surface area contributed by atoms with Crippen LogP contribution in [0.1, 0.15) is 39.0 Å². The quantitative estimate of drug-likeness (QED) is 0.626. The summed E-state index contributed by atoms with van der Waals surface area (Å²) >= 11 is 3.59. The Labute approximate surface area is 175 Å². The molecule has 0 fully saturated rings. The summed E-state index contributed by atoms with van der Waals surface area (Å²) in [6, 6.07) is 8.43. The van der Waals surface area contributed by atoms with Crippen LogP contribution in [0, 0.1) is 0 Å². The van der Waals surface area contributed by atoms with Crippen LogP contribution >= 0.6 is 23.1 Å². The Morgan fingerprint density at radius 1 is 1.32 bits per heavy atom. The molecule has 0 saturated heterocycles. The van der Waals surface area contributed by atoms with Gasteiger partial charge in [0.2, 0.25) is 0 Å². The summed E-state index contributed by atoms with van der Waals surface area (Å²) in [6.07, 6.45) is 0.428. The summed E-state index contributed by atoms with van der Waals surface area (Å²) in [5.41, 5.74) is -0.487. The number of nitrogens with zero attached hydrogens (tertiary/aromatic N) is 2. The Hall–Kier alpha value is -1.73. The third-order valence-corrected chi connectivity index (χ3v) is 6.68. The van der Waals surface area contributed by atoms with E-state index in [1.807, 2.05) is 45.5 Å². The number of thioether (sulfide) groups is 1. The van der Waals surface area contributed by atoms with Gasteiger partial charge in [-0.3, -0.25) is 4.99 Å². The molecule has 28 heavy (non-hydrogen) atoms. The minimum Gasteiger partial charge on any atom is -0.493 e. The molecular weight excluding hydrogens is 392 g/mol. The first-order valence-electron chi connectivity index (χ1n) is 9.53. The monoisotopic (exact) mass is 420 g/mol. The number of rotatable bonds is 6. The summed E-state index contributed by atoms with van der Waals surface area (Å²) in [5, 5.41) is 2.38. The Morgan fingerprint density at radius 2 is 2.11 bits per heavy atom. The highest BCUT2D eigenvalue weighted by Gasteiger charge is 2.22. The van der Waals surface area contributed by atoms with Gasteiger partial charge in [-0.1, -0.05) is 0 Å². The normalized spacial score (nSPS) is 15.4. The van der Waals surface area contributed by atoms with E-state index in [1.165, 1.54) is 15.0 Å². The van der Waals surface area contributed by atoms with Gasteiger partial charge in [-0.25, -0.2) is 4.79 Å². The van der Waals surface area contributed by atoms with E-state index >= 15 is 0 Å². The molecule has 1 aromatic carbocycles. The average Bonchev–Trinajstić information content (AvgIpc) is 3.28. The van der Waals surface area contributed by atoms with Gasteiger partial charge in [0.1, 0.15) is 16.4 Å². The van der Waals surface area contributed by atoms with Crippen molar-refractivity contribution < 1.29 is 14.3 Å². The number of hydrogen-bond acceptors (Lipinski definition) is 6. The number of ether oxygens (including phenoxy) is 2. The first kappa shape index (κ1) is 21.0. The van der Waals surface area contributed by atoms with E-state index in [2.05, 4.69) is 23.2 Å². The topological polar surface area (TPSA) is 51.1 Å². The Balaban J connectivity index is 1.54. The van der Waals surface area contributed by atoms with Crippen LogP contribution in [0.3, 0.4) is 0 Å². The van der Waals surface area contributed by atoms with E-state index in [0.717, 1.165) is 29.5 Å². The van der Waals surface area contributed by atoms with Crippen molar-refractivity contribution in [2.75, 3.05) is 26.0 Å². The molecule has 5 nitrogen and oxygen atoms in total. The molecule has 1 unspecified atom stereocenters. The minimum atomic E-state index is -0.487. The fourth-order valence-corrected chi connectivity index (χ4v) is 4.80. The molecule has 2 aromatic rings. The fourth-order valence-electron chi connectivity index (χ4n) is 2.75. The highest BCUT2D eigenvalue weighted by molar-refractivity contribution is 8.15. The first-order valence-corrected chi connectivity index (χ1v) is 11.3. The number of carbonyl (C=O) groups excluding carboxylic acids is 1. The van der Waals surface area contributed by atoms with Crippen LogP contribution in [0.2, 0.25) is 0 Å². The van der Waals surface area contributed by atoms with E-state index in [0.29, 0.717) is 6.61 Å². The molecule has 1 aliphatic heterocycles. The summed E-state index contributed by atoms with van der Waals surface area (Å²) in [4.78, 5) is 19.6. The van der Waals surface area contributed by atoms with Crippen molar-refractivity contribution in [1.82, 2.24) is 4.90 Å². The molecule has 0 aliphatic carbocycles. The van der Waals surface area contributed by atoms with Crippen molar-refractivity contribution in [2.24, 2.45) is 4.99 Å². The number of carbonyl (C=O) groups is 1. The maximum atomic E-state index is 12.1. The van der Waals surface area contributed by atoms with Crippen LogP contribution in [0.5, 0.6) is 5.75 Å². The first-order chi connectivity index (χ1) is 13.2. The van der Waals surface area contributed by atoms with Gasteiger partial charge in [-0.15, -0.1) is 23.1 Å². The lowest BCUT2D eigenvalue weighted by Gasteiger charge is -2.28. The highest BCUT2D eigenvalue weighted by Crippen LogP contribution is 2.33. The molecule has 1 atom stereocenters. The minimum absolute atomic E-state index is 0.0318. The van der Waals surface area contributed by atoms with Crippen molar-refractivity contribution in [3.05, 3.63) is 29.1 Å². The van der Waals surface area contributed by atoms with Gasteiger partial charge in [0.05, 0.1) is 11.5 Å². The number of hydrogen-bond donors (Lipinski definition) is 0. The molecule has 1 aromatic heterocycles. The third-order valence-electron chi connectivity index (χ3n) is 4.43. The number of benzene rings is 1. The molecule has 1 aliphatic rings. The Morgan fingerprint density at radius 3 is 2.79 bits per heavy atom. The van der Waals surface area contributed by atoms with Crippen LogP contribution in [0.15, 0.2) is 29.3 Å². The van der Waals surface area contributed by atoms with E-state index in [4.69, 9.17) is 9.47 Å². The zero-order valence-corrected chi connectivity index (χ0v) is 18.8. The average molecular weight is 421 g/mol. The van der Waals surface area contributed by atoms with Gasteiger partial charge in [0, 0.05) is 36.5 Å². The lowest BCUT2D eigenvalue weighted by molar-refractivity contribution is 0.0220. The third kappa shape index (κ3) is 5.41. The van der Waals surface area contributed by atoms with Crippen LogP contribution in [0.4, 0.5) is 4.79 Å². The zero-order chi connectivity index (χ0) is 20.3. The van der Waals surface area contributed by atoms with Crippen LogP contribution in [-0.4, -0.2) is 53.6 Å². The summed E-state index contributed by atoms with van der Waals surface area (Å²) in [6.45, 7) is 9.07. The molecule has 0 spiro atoms. The summed E-state index contributed by atoms with van der Waals surface area (Å²) in [7, 11) is 1.77. The molecule has 0 saturated carbocycles. The summed E-state index contributed by atoms with van der Waals surface area (Å²) < 4.78 is 12.6. The van der Waals surface area contributed by atoms with E-state index < -0.39 is 5.60 Å². The van der Waals surface area contributed by atoms with Gasteiger partial charge >= 0.3 is 6.09 Å². The summed E-state index contributed by atoms with van der Waals surface area (Å²) in [5.74, 6) is 1.93. The molecule has 0 radical (unpaired) electrons. The molecule has 0 N–H and O–H groups in total. The lowest BCUT2D eigenvalue weighted by atomic mass is 10.2. The second-order valence-electron chi connectivity index (χ2n) is 7.92. The second kappa shape index (κ2) is 8.74. The lowest BCUT2D eigenvalue weighted by Crippen LogP contribution is -2.40. The maximum Gasteiger partial charge on any atom is 0.410 e. The standard InChI is InChI=1S/C21H28N2O3S2/c1-14(23(5)20(24)26-21(2,3)4)8-10-25-16-7-6-15-12-18(28-17(15)13-16)19-22-9-11-27-19/h6-7,12-14H,8-11H2,1-5H3. The molecule has 0 bridgehead atoms. The predicted molar refractivity (Wildman–Crippen MR) is 119 cm³/mol. The van der Waals surface area contributed by atoms with Crippen molar-refractivity contribution in [1.29, 1.82) is 0 Å². The van der Waals surface area contributed by atoms with Crippen LogP contribution in [-0.2, 0) is 4.74 Å². The SMILES string of the molecule is CC(CCOc1ccc2cc(C3=NCCS3)sc2c1)N(C)C(=O)OC(C)(C)C. The van der Waals surface area contributed by atoms with Gasteiger partial charge < -0.3 is 14.4 Å². The molecule has 3 rings (SSSR count).